The molecule has 1 unspecified atom stereocenters. The number of anilines is 2. The van der Waals surface area contributed by atoms with E-state index in [1.165, 1.54) is 6.92 Å². The maximum atomic E-state index is 12.6. The fourth-order valence-corrected chi connectivity index (χ4v) is 3.59. The lowest BCUT2D eigenvalue weighted by Gasteiger charge is -2.26. The molecule has 0 radical (unpaired) electrons. The monoisotopic (exact) mass is 417 g/mol. The van der Waals surface area contributed by atoms with Crippen molar-refractivity contribution in [3.8, 4) is 0 Å². The summed E-state index contributed by atoms with van der Waals surface area (Å²) in [6.07, 6.45) is 3.13. The number of piperidine rings is 1. The second-order valence-electron chi connectivity index (χ2n) is 7.46. The molecule has 7 nitrogen and oxygen atoms in total. The van der Waals surface area contributed by atoms with Gasteiger partial charge in [0.2, 0.25) is 5.91 Å². The van der Waals surface area contributed by atoms with Crippen molar-refractivity contribution >= 4 is 40.1 Å². The van der Waals surface area contributed by atoms with E-state index < -0.39 is 18.0 Å². The van der Waals surface area contributed by atoms with Gasteiger partial charge in [-0.2, -0.15) is 0 Å². The van der Waals surface area contributed by atoms with Gasteiger partial charge in [-0.05, 0) is 68.3 Å². The number of rotatable bonds is 5. The average Bonchev–Trinajstić information content (AvgIpc) is 2.79. The molecule has 158 valence electrons. The highest BCUT2D eigenvalue weighted by Crippen LogP contribution is 2.23. The number of benzene rings is 2. The predicted molar refractivity (Wildman–Crippen MR) is 118 cm³/mol. The lowest BCUT2D eigenvalue weighted by molar-refractivity contribution is -0.123. The van der Waals surface area contributed by atoms with Gasteiger partial charge >= 0.3 is 5.97 Å². The Bertz CT molecular complexity index is 1120. The van der Waals surface area contributed by atoms with Crippen molar-refractivity contribution in [2.24, 2.45) is 0 Å². The predicted octanol–water partition coefficient (Wildman–Crippen LogP) is 3.94. The van der Waals surface area contributed by atoms with E-state index in [-0.39, 0.29) is 5.91 Å². The number of hydrogen-bond acceptors (Lipinski definition) is 5. The van der Waals surface area contributed by atoms with Gasteiger partial charge in [-0.15, -0.1) is 0 Å². The Kier molecular flexibility index (Phi) is 5.93. The summed E-state index contributed by atoms with van der Waals surface area (Å²) in [6, 6.07) is 15.8. The number of nitrogens with zero attached hydrogens (tertiary/aromatic N) is 2. The summed E-state index contributed by atoms with van der Waals surface area (Å²) in [6.45, 7) is 2.21. The molecule has 4 rings (SSSR count). The number of pyridine rings is 1. The van der Waals surface area contributed by atoms with Gasteiger partial charge in [-0.3, -0.25) is 14.6 Å². The van der Waals surface area contributed by atoms with Crippen LogP contribution in [-0.4, -0.2) is 35.4 Å². The van der Waals surface area contributed by atoms with Crippen LogP contribution in [0.5, 0.6) is 0 Å². The number of fused-ring (bicyclic) bond motifs is 1. The largest absolute Gasteiger partial charge is 0.449 e. The van der Waals surface area contributed by atoms with E-state index in [0.29, 0.717) is 24.2 Å². The molecule has 2 heterocycles. The summed E-state index contributed by atoms with van der Waals surface area (Å²) in [4.78, 5) is 43.1. The summed E-state index contributed by atoms with van der Waals surface area (Å²) in [7, 11) is 0. The topological polar surface area (TPSA) is 88.6 Å². The van der Waals surface area contributed by atoms with Crippen LogP contribution in [0.1, 0.15) is 36.5 Å². The molecule has 31 heavy (non-hydrogen) atoms. The molecule has 2 aromatic carbocycles. The first-order valence-corrected chi connectivity index (χ1v) is 10.3. The van der Waals surface area contributed by atoms with Crippen molar-refractivity contribution in [3.63, 3.8) is 0 Å². The zero-order chi connectivity index (χ0) is 21.8. The highest BCUT2D eigenvalue weighted by molar-refractivity contribution is 6.03. The van der Waals surface area contributed by atoms with E-state index in [4.69, 9.17) is 4.74 Å². The molecule has 3 aromatic rings. The number of nitrogens with one attached hydrogen (secondary N) is 1. The zero-order valence-corrected chi connectivity index (χ0v) is 17.2. The summed E-state index contributed by atoms with van der Waals surface area (Å²) in [5.74, 6) is -0.936. The maximum absolute atomic E-state index is 12.6. The number of amides is 2. The molecule has 1 atom stereocenters. The first kappa shape index (κ1) is 20.5. The first-order chi connectivity index (χ1) is 15.0. The summed E-state index contributed by atoms with van der Waals surface area (Å²) < 4.78 is 5.34. The SMILES string of the molecule is CC(OC(=O)c1ccc(N2CCCCC2=O)cc1)C(=O)Nc1cccc2ncccc12. The van der Waals surface area contributed by atoms with Crippen LogP contribution in [0.25, 0.3) is 10.9 Å². The number of carbonyl (C=O) groups is 3. The molecule has 0 aliphatic carbocycles. The van der Waals surface area contributed by atoms with Gasteiger partial charge in [0.05, 0.1) is 16.8 Å². The van der Waals surface area contributed by atoms with Crippen LogP contribution in [0.2, 0.25) is 0 Å². The Morgan fingerprint density at radius 1 is 1.06 bits per heavy atom. The van der Waals surface area contributed by atoms with Gasteiger partial charge in [0.1, 0.15) is 0 Å². The minimum absolute atomic E-state index is 0.0931. The van der Waals surface area contributed by atoms with Crippen LogP contribution in [0.4, 0.5) is 11.4 Å². The molecule has 0 saturated carbocycles. The maximum Gasteiger partial charge on any atom is 0.338 e. The van der Waals surface area contributed by atoms with Crippen molar-refractivity contribution in [1.29, 1.82) is 0 Å². The van der Waals surface area contributed by atoms with Crippen molar-refractivity contribution in [2.45, 2.75) is 32.3 Å². The highest BCUT2D eigenvalue weighted by atomic mass is 16.5. The van der Waals surface area contributed by atoms with E-state index >= 15 is 0 Å². The van der Waals surface area contributed by atoms with Crippen molar-refractivity contribution in [3.05, 3.63) is 66.4 Å². The fourth-order valence-electron chi connectivity index (χ4n) is 3.59. The summed E-state index contributed by atoms with van der Waals surface area (Å²) in [5.41, 5.74) is 2.45. The molecule has 1 N–H and O–H groups in total. The third kappa shape index (κ3) is 4.55. The van der Waals surface area contributed by atoms with E-state index in [2.05, 4.69) is 10.3 Å². The second-order valence-corrected chi connectivity index (χ2v) is 7.46. The van der Waals surface area contributed by atoms with Gasteiger partial charge < -0.3 is 15.0 Å². The number of carbonyl (C=O) groups excluding carboxylic acids is 3. The number of hydrogen-bond donors (Lipinski definition) is 1. The number of aromatic nitrogens is 1. The lowest BCUT2D eigenvalue weighted by atomic mass is 10.1. The second kappa shape index (κ2) is 8.95. The third-order valence-corrected chi connectivity index (χ3v) is 5.29. The molecule has 1 aliphatic rings. The smallest absolute Gasteiger partial charge is 0.338 e. The average molecular weight is 417 g/mol. The number of ether oxygens (including phenoxy) is 1. The van der Waals surface area contributed by atoms with E-state index in [9.17, 15) is 14.4 Å². The van der Waals surface area contributed by atoms with Gasteiger partial charge in [0.25, 0.3) is 5.91 Å². The Morgan fingerprint density at radius 3 is 2.65 bits per heavy atom. The van der Waals surface area contributed by atoms with Gasteiger partial charge in [0, 0.05) is 30.2 Å². The van der Waals surface area contributed by atoms with Crippen LogP contribution in [-0.2, 0) is 14.3 Å². The van der Waals surface area contributed by atoms with Crippen LogP contribution >= 0.6 is 0 Å². The summed E-state index contributed by atoms with van der Waals surface area (Å²) >= 11 is 0. The Morgan fingerprint density at radius 2 is 1.87 bits per heavy atom. The Labute approximate surface area is 180 Å². The van der Waals surface area contributed by atoms with Crippen LogP contribution in [0, 0.1) is 0 Å². The summed E-state index contributed by atoms with van der Waals surface area (Å²) in [5, 5.41) is 3.60. The minimum atomic E-state index is -0.984. The molecule has 1 aliphatic heterocycles. The molecule has 1 fully saturated rings. The quantitative estimate of drug-likeness (QED) is 0.636. The Balaban J connectivity index is 1.39. The van der Waals surface area contributed by atoms with Crippen molar-refractivity contribution in [2.75, 3.05) is 16.8 Å². The van der Waals surface area contributed by atoms with Crippen LogP contribution in [0.15, 0.2) is 60.8 Å². The molecular weight excluding hydrogens is 394 g/mol. The lowest BCUT2D eigenvalue weighted by Crippen LogP contribution is -2.35. The number of esters is 1. The molecule has 0 spiro atoms. The molecule has 0 bridgehead atoms. The van der Waals surface area contributed by atoms with Crippen molar-refractivity contribution < 1.29 is 19.1 Å². The molecular formula is C24H23N3O4. The van der Waals surface area contributed by atoms with Gasteiger partial charge in [0.15, 0.2) is 6.10 Å². The Hall–Kier alpha value is -3.74. The first-order valence-electron chi connectivity index (χ1n) is 10.3. The standard InChI is InChI=1S/C24H23N3O4/c1-16(23(29)26-21-8-4-7-20-19(21)6-5-14-25-20)31-24(30)17-10-12-18(13-11-17)27-15-3-2-9-22(27)28/h4-8,10-14,16H,2-3,9,15H2,1H3,(H,26,29). The van der Waals surface area contributed by atoms with Crippen LogP contribution in [0.3, 0.4) is 0 Å². The van der Waals surface area contributed by atoms with E-state index in [1.54, 1.807) is 53.6 Å². The molecule has 2 amide bonds. The normalized spacial score (nSPS) is 14.9. The minimum Gasteiger partial charge on any atom is -0.449 e. The van der Waals surface area contributed by atoms with Crippen LogP contribution < -0.4 is 10.2 Å². The van der Waals surface area contributed by atoms with Gasteiger partial charge in [-0.25, -0.2) is 4.79 Å². The van der Waals surface area contributed by atoms with E-state index in [1.807, 2.05) is 12.1 Å². The highest BCUT2D eigenvalue weighted by Gasteiger charge is 2.22. The zero-order valence-electron chi connectivity index (χ0n) is 17.2. The fraction of sp³-hybridized carbons (Fsp3) is 0.250. The van der Waals surface area contributed by atoms with Gasteiger partial charge in [-0.1, -0.05) is 6.07 Å². The molecule has 1 saturated heterocycles. The van der Waals surface area contributed by atoms with E-state index in [0.717, 1.165) is 29.4 Å². The third-order valence-electron chi connectivity index (χ3n) is 5.29. The molecule has 1 aromatic heterocycles. The van der Waals surface area contributed by atoms with Crippen molar-refractivity contribution in [1.82, 2.24) is 4.98 Å². The molecule has 7 heteroatoms.